The number of rotatable bonds is 58. The molecule has 2 atom stereocenters. The summed E-state index contributed by atoms with van der Waals surface area (Å²) in [5.74, 6) is -2.01. The number of nitrogens with zero attached hydrogens (tertiary/aromatic N) is 1. The van der Waals surface area contributed by atoms with Crippen LogP contribution in [0, 0.1) is 0 Å². The Morgan fingerprint density at radius 3 is 1.12 bits per heavy atom. The van der Waals surface area contributed by atoms with Crippen LogP contribution in [0.15, 0.2) is 72.9 Å². The van der Waals surface area contributed by atoms with E-state index in [9.17, 15) is 19.5 Å². The van der Waals surface area contributed by atoms with Crippen molar-refractivity contribution in [1.82, 2.24) is 0 Å². The molecule has 9 nitrogen and oxygen atoms in total. The Kier molecular flexibility index (Phi) is 55.4. The van der Waals surface area contributed by atoms with Crippen molar-refractivity contribution >= 4 is 17.9 Å². The maximum atomic E-state index is 12.9. The molecule has 0 fully saturated rings. The molecular weight excluding hydrogens is 947 g/mol. The van der Waals surface area contributed by atoms with Gasteiger partial charge in [-0.3, -0.25) is 9.59 Å². The first-order chi connectivity index (χ1) is 37.1. The molecule has 2 unspecified atom stereocenters. The third kappa shape index (κ3) is 58.4. The fourth-order valence-corrected chi connectivity index (χ4v) is 8.86. The second-order valence-corrected chi connectivity index (χ2v) is 22.3. The van der Waals surface area contributed by atoms with Crippen molar-refractivity contribution in [3.05, 3.63) is 72.9 Å². The Bertz CT molecular complexity index is 1470. The van der Waals surface area contributed by atoms with Gasteiger partial charge in [0.2, 0.25) is 0 Å². The molecular formula is C67H120NO8+. The quantitative estimate of drug-likeness (QED) is 0.0211. The van der Waals surface area contributed by atoms with E-state index < -0.39 is 24.3 Å². The number of ether oxygens (including phenoxy) is 4. The molecule has 0 rings (SSSR count). The molecule has 0 aliphatic rings. The number of hydrogen-bond acceptors (Lipinski definition) is 7. The van der Waals surface area contributed by atoms with E-state index in [-0.39, 0.29) is 38.6 Å². The third-order valence-corrected chi connectivity index (χ3v) is 13.7. The van der Waals surface area contributed by atoms with Crippen LogP contribution in [-0.2, 0) is 33.3 Å². The Hall–Kier alpha value is -3.27. The Balaban J connectivity index is 4.06. The maximum Gasteiger partial charge on any atom is 0.361 e. The average Bonchev–Trinajstić information content (AvgIpc) is 3.39. The van der Waals surface area contributed by atoms with Crippen LogP contribution < -0.4 is 0 Å². The number of esters is 2. The van der Waals surface area contributed by atoms with Gasteiger partial charge in [-0.25, -0.2) is 4.79 Å². The molecule has 9 heteroatoms. The first kappa shape index (κ1) is 72.7. The normalized spacial score (nSPS) is 13.2. The van der Waals surface area contributed by atoms with E-state index >= 15 is 0 Å². The van der Waals surface area contributed by atoms with E-state index in [1.807, 2.05) is 21.1 Å². The number of carboxylic acid groups (broad SMARTS) is 1. The first-order valence-corrected chi connectivity index (χ1v) is 31.6. The smallest absolute Gasteiger partial charge is 0.361 e. The van der Waals surface area contributed by atoms with Crippen LogP contribution >= 0.6 is 0 Å². The van der Waals surface area contributed by atoms with Gasteiger partial charge < -0.3 is 28.5 Å². The maximum absolute atomic E-state index is 12.9. The minimum Gasteiger partial charge on any atom is -0.477 e. The van der Waals surface area contributed by atoms with Crippen molar-refractivity contribution in [3.63, 3.8) is 0 Å². The predicted octanol–water partition coefficient (Wildman–Crippen LogP) is 19.0. The van der Waals surface area contributed by atoms with Gasteiger partial charge in [0.15, 0.2) is 6.10 Å². The van der Waals surface area contributed by atoms with E-state index in [1.165, 1.54) is 161 Å². The molecule has 0 heterocycles. The van der Waals surface area contributed by atoms with E-state index in [0.717, 1.165) is 89.9 Å². The van der Waals surface area contributed by atoms with Crippen LogP contribution in [0.2, 0.25) is 0 Å². The fraction of sp³-hybridized carbons (Fsp3) is 0.776. The van der Waals surface area contributed by atoms with Crippen LogP contribution in [-0.4, -0.2) is 87.4 Å². The van der Waals surface area contributed by atoms with Gasteiger partial charge in [-0.05, 0) is 83.5 Å². The molecule has 0 spiro atoms. The largest absolute Gasteiger partial charge is 0.477 e. The van der Waals surface area contributed by atoms with Crippen LogP contribution in [0.4, 0.5) is 0 Å². The van der Waals surface area contributed by atoms with Gasteiger partial charge in [0, 0.05) is 12.8 Å². The number of quaternary nitrogens is 1. The van der Waals surface area contributed by atoms with Crippen molar-refractivity contribution in [2.45, 2.75) is 289 Å². The van der Waals surface area contributed by atoms with Gasteiger partial charge >= 0.3 is 17.9 Å². The highest BCUT2D eigenvalue weighted by Gasteiger charge is 2.25. The highest BCUT2D eigenvalue weighted by molar-refractivity contribution is 5.71. The highest BCUT2D eigenvalue weighted by Crippen LogP contribution is 2.17. The number of carboxylic acids is 1. The van der Waals surface area contributed by atoms with Crippen molar-refractivity contribution in [2.75, 3.05) is 47.5 Å². The Labute approximate surface area is 468 Å². The summed E-state index contributed by atoms with van der Waals surface area (Å²) in [6.45, 7) is 4.75. The molecule has 76 heavy (non-hydrogen) atoms. The van der Waals surface area contributed by atoms with Gasteiger partial charge in [-0.1, -0.05) is 254 Å². The molecule has 0 aromatic rings. The summed E-state index contributed by atoms with van der Waals surface area (Å²) >= 11 is 0. The standard InChI is InChI=1S/C67H119NO8/c1-6-8-10-12-14-16-18-20-22-24-25-26-27-28-29-30-31-32-33-34-35-36-37-38-39-40-41-42-44-46-48-50-52-54-56-58-65(70)76-63(62-75-67(66(71)72)73-60-59-68(3,4)5)61-74-64(69)57-55-53-51-49-47-45-43-23-21-19-17-15-13-11-9-7-2/h8,10,14,16-17,19-20,22-23,25-26,43,63,67H,6-7,9,11-13,15,18,21,24,27-42,44-62H2,1-5H3/p+1/b10-8-,16-14-,19-17-,22-20-,26-25-,43-23-. The molecule has 0 saturated carbocycles. The molecule has 0 aliphatic carbocycles. The monoisotopic (exact) mass is 1070 g/mol. The summed E-state index contributed by atoms with van der Waals surface area (Å²) in [5.41, 5.74) is 0. The van der Waals surface area contributed by atoms with Crippen molar-refractivity contribution in [3.8, 4) is 0 Å². The number of hydrogen-bond donors (Lipinski definition) is 1. The molecule has 0 aromatic carbocycles. The van der Waals surface area contributed by atoms with Gasteiger partial charge in [-0.2, -0.15) is 0 Å². The van der Waals surface area contributed by atoms with E-state index in [2.05, 4.69) is 86.8 Å². The second-order valence-electron chi connectivity index (χ2n) is 22.3. The lowest BCUT2D eigenvalue weighted by atomic mass is 10.0. The second kappa shape index (κ2) is 57.9. The third-order valence-electron chi connectivity index (χ3n) is 13.7. The summed E-state index contributed by atoms with van der Waals surface area (Å²) in [4.78, 5) is 37.4. The summed E-state index contributed by atoms with van der Waals surface area (Å²) in [6.07, 6.45) is 72.9. The molecule has 0 saturated heterocycles. The van der Waals surface area contributed by atoms with E-state index in [1.54, 1.807) is 0 Å². The fourth-order valence-electron chi connectivity index (χ4n) is 8.86. The highest BCUT2D eigenvalue weighted by atomic mass is 16.7. The SMILES string of the molecule is CC/C=C\C/C=C\C/C=C\C/C=C\CCCCCCCCCCCCCCCCCCCCCCCCC(=O)OC(COC(=O)CCCCCCC/C=C\C/C=C\CCCCCC)COC(OCC[N+](C)(C)C)C(=O)O. The zero-order valence-corrected chi connectivity index (χ0v) is 50.2. The topological polar surface area (TPSA) is 108 Å². The lowest BCUT2D eigenvalue weighted by molar-refractivity contribution is -0.870. The predicted molar refractivity (Wildman–Crippen MR) is 323 cm³/mol. The van der Waals surface area contributed by atoms with Crippen LogP contribution in [0.5, 0.6) is 0 Å². The molecule has 1 N–H and O–H groups in total. The van der Waals surface area contributed by atoms with Gasteiger partial charge in [0.25, 0.3) is 6.29 Å². The van der Waals surface area contributed by atoms with Crippen LogP contribution in [0.25, 0.3) is 0 Å². The number of unbranched alkanes of at least 4 members (excludes halogenated alkanes) is 31. The number of carbonyl (C=O) groups excluding carboxylic acids is 2. The molecule has 0 amide bonds. The molecule has 0 radical (unpaired) electrons. The van der Waals surface area contributed by atoms with Crippen LogP contribution in [0.1, 0.15) is 277 Å². The van der Waals surface area contributed by atoms with E-state index in [0.29, 0.717) is 11.0 Å². The summed E-state index contributed by atoms with van der Waals surface area (Å²) in [7, 11) is 5.97. The first-order valence-electron chi connectivity index (χ1n) is 31.6. The van der Waals surface area contributed by atoms with Crippen LogP contribution in [0.3, 0.4) is 0 Å². The zero-order chi connectivity index (χ0) is 55.5. The van der Waals surface area contributed by atoms with Gasteiger partial charge in [0.1, 0.15) is 13.2 Å². The lowest BCUT2D eigenvalue weighted by Crippen LogP contribution is -2.40. The van der Waals surface area contributed by atoms with E-state index in [4.69, 9.17) is 18.9 Å². The minimum atomic E-state index is -1.51. The Morgan fingerprint density at radius 1 is 0.408 bits per heavy atom. The molecule has 0 bridgehead atoms. The van der Waals surface area contributed by atoms with Gasteiger partial charge in [-0.15, -0.1) is 0 Å². The van der Waals surface area contributed by atoms with Crippen molar-refractivity contribution in [2.24, 2.45) is 0 Å². The van der Waals surface area contributed by atoms with Gasteiger partial charge in [0.05, 0.1) is 34.4 Å². The van der Waals surface area contributed by atoms with Crippen molar-refractivity contribution < 1.29 is 42.9 Å². The average molecular weight is 1070 g/mol. The molecule has 0 aliphatic heterocycles. The number of aliphatic carboxylic acids is 1. The summed E-state index contributed by atoms with van der Waals surface area (Å²) in [6, 6.07) is 0. The molecule has 0 aromatic heterocycles. The lowest BCUT2D eigenvalue weighted by Gasteiger charge is -2.25. The number of carbonyl (C=O) groups is 3. The number of likely N-dealkylation sites (N-methyl/N-ethyl adjacent to an activating group) is 1. The minimum absolute atomic E-state index is 0.185. The van der Waals surface area contributed by atoms with Crippen molar-refractivity contribution in [1.29, 1.82) is 0 Å². The zero-order valence-electron chi connectivity index (χ0n) is 50.2. The molecule has 440 valence electrons. The Morgan fingerprint density at radius 2 is 0.750 bits per heavy atom. The summed E-state index contributed by atoms with van der Waals surface area (Å²) < 4.78 is 22.9. The number of allylic oxidation sites excluding steroid dienone is 12. The summed E-state index contributed by atoms with van der Waals surface area (Å²) in [5, 5.41) is 9.71.